The molecule has 0 unspecified atom stereocenters. The van der Waals surface area contributed by atoms with Crippen molar-refractivity contribution in [3.05, 3.63) is 41.5 Å². The van der Waals surface area contributed by atoms with Crippen molar-refractivity contribution in [3.63, 3.8) is 0 Å². The summed E-state index contributed by atoms with van der Waals surface area (Å²) >= 11 is 0. The number of para-hydroxylation sites is 1. The number of hydrogen-bond donors (Lipinski definition) is 2. The third-order valence-corrected chi connectivity index (χ3v) is 2.45. The van der Waals surface area contributed by atoms with Gasteiger partial charge < -0.3 is 15.4 Å². The Hall–Kier alpha value is -1.88. The van der Waals surface area contributed by atoms with E-state index < -0.39 is 0 Å². The summed E-state index contributed by atoms with van der Waals surface area (Å²) in [6, 6.07) is 7.11. The molecule has 0 saturated heterocycles. The van der Waals surface area contributed by atoms with Crippen LogP contribution in [0.3, 0.4) is 0 Å². The molecular formula is C12H15N3O2. The topological polar surface area (TPSA) is 85.2 Å². The molecule has 0 fully saturated rings. The van der Waals surface area contributed by atoms with Gasteiger partial charge in [0, 0.05) is 12.0 Å². The maximum atomic E-state index is 9.61. The van der Waals surface area contributed by atoms with Crippen molar-refractivity contribution in [1.82, 2.24) is 10.1 Å². The number of phenolic OH excluding ortho intramolecular Hbond substituents is 1. The van der Waals surface area contributed by atoms with Crippen LogP contribution in [0.5, 0.6) is 5.75 Å². The van der Waals surface area contributed by atoms with E-state index in [0.29, 0.717) is 24.7 Å². The van der Waals surface area contributed by atoms with Crippen LogP contribution in [-0.2, 0) is 12.8 Å². The molecule has 1 aromatic heterocycles. The van der Waals surface area contributed by atoms with E-state index in [1.165, 1.54) is 0 Å². The van der Waals surface area contributed by atoms with Crippen LogP contribution in [0.2, 0.25) is 0 Å². The summed E-state index contributed by atoms with van der Waals surface area (Å²) in [5, 5.41) is 13.5. The minimum Gasteiger partial charge on any atom is -0.508 e. The van der Waals surface area contributed by atoms with Gasteiger partial charge in [-0.2, -0.15) is 4.98 Å². The summed E-state index contributed by atoms with van der Waals surface area (Å²) in [5.74, 6) is 1.42. The minimum atomic E-state index is 0.245. The van der Waals surface area contributed by atoms with Gasteiger partial charge >= 0.3 is 0 Å². The Labute approximate surface area is 99.3 Å². The molecule has 0 atom stereocenters. The molecule has 0 aliphatic carbocycles. The predicted octanol–water partition coefficient (Wildman–Crippen LogP) is 1.26. The Morgan fingerprint density at radius 1 is 1.29 bits per heavy atom. The Kier molecular flexibility index (Phi) is 3.72. The summed E-state index contributed by atoms with van der Waals surface area (Å²) in [4.78, 5) is 4.24. The van der Waals surface area contributed by atoms with E-state index in [0.717, 1.165) is 18.4 Å². The summed E-state index contributed by atoms with van der Waals surface area (Å²) in [5.41, 5.74) is 6.19. The molecule has 0 amide bonds. The van der Waals surface area contributed by atoms with E-state index in [9.17, 15) is 5.11 Å². The van der Waals surface area contributed by atoms with Gasteiger partial charge in [-0.05, 0) is 19.0 Å². The fourth-order valence-corrected chi connectivity index (χ4v) is 1.55. The second kappa shape index (κ2) is 5.45. The van der Waals surface area contributed by atoms with Gasteiger partial charge in [0.1, 0.15) is 5.75 Å². The van der Waals surface area contributed by atoms with Crippen molar-refractivity contribution in [2.45, 2.75) is 19.3 Å². The number of hydrogen-bond acceptors (Lipinski definition) is 5. The van der Waals surface area contributed by atoms with Crippen LogP contribution in [0.1, 0.15) is 23.7 Å². The van der Waals surface area contributed by atoms with Crippen molar-refractivity contribution >= 4 is 0 Å². The molecule has 1 heterocycles. The van der Waals surface area contributed by atoms with Gasteiger partial charge in [0.05, 0.1) is 6.42 Å². The van der Waals surface area contributed by atoms with Gasteiger partial charge in [0.2, 0.25) is 5.89 Å². The first-order chi connectivity index (χ1) is 8.29. The Balaban J connectivity index is 2.04. The zero-order valence-electron chi connectivity index (χ0n) is 9.47. The molecule has 2 rings (SSSR count). The van der Waals surface area contributed by atoms with E-state index >= 15 is 0 Å². The number of nitrogens with two attached hydrogens (primary N) is 1. The van der Waals surface area contributed by atoms with Crippen molar-refractivity contribution in [3.8, 4) is 5.75 Å². The van der Waals surface area contributed by atoms with Crippen LogP contribution >= 0.6 is 0 Å². The van der Waals surface area contributed by atoms with Crippen molar-refractivity contribution in [2.24, 2.45) is 5.73 Å². The first-order valence-corrected chi connectivity index (χ1v) is 5.58. The summed E-state index contributed by atoms with van der Waals surface area (Å²) in [6.45, 7) is 0.614. The highest BCUT2D eigenvalue weighted by Crippen LogP contribution is 2.18. The van der Waals surface area contributed by atoms with Gasteiger partial charge in [0.15, 0.2) is 5.82 Å². The lowest BCUT2D eigenvalue weighted by Gasteiger charge is -1.99. The number of phenols is 1. The molecule has 0 saturated carbocycles. The Morgan fingerprint density at radius 3 is 2.88 bits per heavy atom. The van der Waals surface area contributed by atoms with Crippen molar-refractivity contribution in [1.29, 1.82) is 0 Å². The fourth-order valence-electron chi connectivity index (χ4n) is 1.55. The van der Waals surface area contributed by atoms with Gasteiger partial charge in [-0.15, -0.1) is 0 Å². The Bertz CT molecular complexity index is 482. The number of aromatic nitrogens is 2. The molecule has 0 spiro atoms. The number of nitrogens with zero attached hydrogens (tertiary/aromatic N) is 2. The number of rotatable bonds is 5. The van der Waals surface area contributed by atoms with E-state index in [1.807, 2.05) is 12.1 Å². The Morgan fingerprint density at radius 2 is 2.12 bits per heavy atom. The normalized spacial score (nSPS) is 10.6. The monoisotopic (exact) mass is 233 g/mol. The minimum absolute atomic E-state index is 0.245. The highest BCUT2D eigenvalue weighted by Gasteiger charge is 2.08. The smallest absolute Gasteiger partial charge is 0.231 e. The lowest BCUT2D eigenvalue weighted by Crippen LogP contribution is -2.01. The predicted molar refractivity (Wildman–Crippen MR) is 62.6 cm³/mol. The second-order valence-electron chi connectivity index (χ2n) is 3.80. The average molecular weight is 233 g/mol. The molecule has 90 valence electrons. The zero-order valence-corrected chi connectivity index (χ0v) is 9.47. The molecule has 0 bridgehead atoms. The van der Waals surface area contributed by atoms with Gasteiger partial charge in [-0.1, -0.05) is 23.4 Å². The van der Waals surface area contributed by atoms with Gasteiger partial charge in [-0.3, -0.25) is 0 Å². The fraction of sp³-hybridized carbons (Fsp3) is 0.333. The first-order valence-electron chi connectivity index (χ1n) is 5.58. The van der Waals surface area contributed by atoms with Crippen LogP contribution in [-0.4, -0.2) is 21.8 Å². The van der Waals surface area contributed by atoms with Crippen molar-refractivity contribution < 1.29 is 9.63 Å². The number of benzene rings is 1. The lowest BCUT2D eigenvalue weighted by molar-refractivity contribution is 0.377. The van der Waals surface area contributed by atoms with E-state index in [2.05, 4.69) is 10.1 Å². The summed E-state index contributed by atoms with van der Waals surface area (Å²) in [7, 11) is 0. The number of aryl methyl sites for hydroxylation is 1. The molecule has 17 heavy (non-hydrogen) atoms. The SMILES string of the molecule is NCCCc1noc(Cc2ccccc2O)n1. The molecule has 3 N–H and O–H groups in total. The van der Waals surface area contributed by atoms with Crippen LogP contribution < -0.4 is 5.73 Å². The molecule has 0 aliphatic heterocycles. The van der Waals surface area contributed by atoms with Crippen LogP contribution in [0, 0.1) is 0 Å². The van der Waals surface area contributed by atoms with E-state index in [-0.39, 0.29) is 5.75 Å². The highest BCUT2D eigenvalue weighted by atomic mass is 16.5. The van der Waals surface area contributed by atoms with Crippen LogP contribution in [0.25, 0.3) is 0 Å². The molecule has 0 aliphatic rings. The van der Waals surface area contributed by atoms with Crippen LogP contribution in [0.4, 0.5) is 0 Å². The van der Waals surface area contributed by atoms with E-state index in [1.54, 1.807) is 12.1 Å². The molecule has 5 heteroatoms. The molecule has 2 aromatic rings. The standard InChI is InChI=1S/C12H15N3O2/c13-7-3-6-11-14-12(17-15-11)8-9-4-1-2-5-10(9)16/h1-2,4-5,16H,3,6-8,13H2. The second-order valence-corrected chi connectivity index (χ2v) is 3.80. The lowest BCUT2D eigenvalue weighted by atomic mass is 10.1. The van der Waals surface area contributed by atoms with Gasteiger partial charge in [0.25, 0.3) is 0 Å². The molecule has 5 nitrogen and oxygen atoms in total. The largest absolute Gasteiger partial charge is 0.508 e. The number of aromatic hydroxyl groups is 1. The summed E-state index contributed by atoms with van der Waals surface area (Å²) < 4.78 is 5.11. The molecular weight excluding hydrogens is 218 g/mol. The van der Waals surface area contributed by atoms with Crippen molar-refractivity contribution in [2.75, 3.05) is 6.54 Å². The third kappa shape index (κ3) is 3.04. The molecule has 0 radical (unpaired) electrons. The third-order valence-electron chi connectivity index (χ3n) is 2.45. The zero-order chi connectivity index (χ0) is 12.1. The maximum Gasteiger partial charge on any atom is 0.231 e. The maximum absolute atomic E-state index is 9.61. The first kappa shape index (κ1) is 11.6. The average Bonchev–Trinajstić information content (AvgIpc) is 2.77. The van der Waals surface area contributed by atoms with Crippen LogP contribution in [0.15, 0.2) is 28.8 Å². The summed E-state index contributed by atoms with van der Waals surface area (Å²) in [6.07, 6.45) is 2.01. The molecule has 1 aromatic carbocycles. The van der Waals surface area contributed by atoms with Gasteiger partial charge in [-0.25, -0.2) is 0 Å². The quantitative estimate of drug-likeness (QED) is 0.812. The van der Waals surface area contributed by atoms with E-state index in [4.69, 9.17) is 10.3 Å². The highest BCUT2D eigenvalue weighted by molar-refractivity contribution is 5.33.